The summed E-state index contributed by atoms with van der Waals surface area (Å²) in [7, 11) is 0. The number of benzene rings is 2. The molecule has 0 spiro atoms. The van der Waals surface area contributed by atoms with Gasteiger partial charge < -0.3 is 9.84 Å². The second kappa shape index (κ2) is 7.01. The van der Waals surface area contributed by atoms with Crippen molar-refractivity contribution < 1.29 is 19.4 Å². The van der Waals surface area contributed by atoms with Gasteiger partial charge >= 0.3 is 11.9 Å². The first kappa shape index (κ1) is 16.5. The van der Waals surface area contributed by atoms with Crippen LogP contribution in [0.25, 0.3) is 5.76 Å². The molecule has 2 atom stereocenters. The van der Waals surface area contributed by atoms with Crippen LogP contribution >= 0.6 is 15.9 Å². The normalized spacial score (nSPS) is 20.2. The van der Waals surface area contributed by atoms with Gasteiger partial charge in [-0.2, -0.15) is 0 Å². The third kappa shape index (κ3) is 3.57. The summed E-state index contributed by atoms with van der Waals surface area (Å²) < 4.78 is 6.32. The average Bonchev–Trinajstić information content (AvgIpc) is 2.58. The van der Waals surface area contributed by atoms with E-state index in [0.29, 0.717) is 17.7 Å². The molecule has 24 heavy (non-hydrogen) atoms. The molecule has 4 nitrogen and oxygen atoms in total. The number of carboxylic acid groups (broad SMARTS) is 1. The molecular formula is C19H15BrO4. The van der Waals surface area contributed by atoms with Crippen LogP contribution in [-0.2, 0) is 20.7 Å². The SMILES string of the molecule is O=C(O)C1C=C(c2ccc(Br)cc2)OC(=O)C1Cc1ccccc1. The first-order chi connectivity index (χ1) is 11.5. The highest BCUT2D eigenvalue weighted by atomic mass is 79.9. The highest BCUT2D eigenvalue weighted by molar-refractivity contribution is 9.10. The predicted molar refractivity (Wildman–Crippen MR) is 93.0 cm³/mol. The van der Waals surface area contributed by atoms with E-state index in [1.165, 1.54) is 6.08 Å². The molecule has 5 heteroatoms. The Morgan fingerprint density at radius 2 is 1.75 bits per heavy atom. The number of cyclic esters (lactones) is 1. The van der Waals surface area contributed by atoms with Crippen molar-refractivity contribution in [3.8, 4) is 0 Å². The fraction of sp³-hybridized carbons (Fsp3) is 0.158. The Hall–Kier alpha value is -2.40. The highest BCUT2D eigenvalue weighted by Gasteiger charge is 2.38. The molecule has 0 radical (unpaired) electrons. The number of halogens is 1. The van der Waals surface area contributed by atoms with E-state index < -0.39 is 23.8 Å². The van der Waals surface area contributed by atoms with E-state index in [2.05, 4.69) is 15.9 Å². The molecule has 0 fully saturated rings. The van der Waals surface area contributed by atoms with E-state index in [0.717, 1.165) is 10.0 Å². The van der Waals surface area contributed by atoms with Crippen LogP contribution in [0.5, 0.6) is 0 Å². The number of carboxylic acids is 1. The van der Waals surface area contributed by atoms with E-state index in [-0.39, 0.29) is 0 Å². The Bertz CT molecular complexity index is 781. The third-order valence-electron chi connectivity index (χ3n) is 3.99. The Balaban J connectivity index is 1.91. The van der Waals surface area contributed by atoms with Gasteiger partial charge in [0.15, 0.2) is 0 Å². The summed E-state index contributed by atoms with van der Waals surface area (Å²) in [5.74, 6) is -2.88. The molecule has 1 N–H and O–H groups in total. The maximum atomic E-state index is 12.4. The zero-order chi connectivity index (χ0) is 17.1. The molecule has 3 rings (SSSR count). The summed E-state index contributed by atoms with van der Waals surface area (Å²) in [5, 5.41) is 9.55. The molecule has 0 aliphatic carbocycles. The minimum Gasteiger partial charge on any atom is -0.481 e. The summed E-state index contributed by atoms with van der Waals surface area (Å²) >= 11 is 3.34. The summed E-state index contributed by atoms with van der Waals surface area (Å²) in [4.78, 5) is 24.1. The van der Waals surface area contributed by atoms with Gasteiger partial charge in [0.1, 0.15) is 5.76 Å². The van der Waals surface area contributed by atoms with Gasteiger partial charge in [-0.1, -0.05) is 58.4 Å². The van der Waals surface area contributed by atoms with Gasteiger partial charge in [-0.15, -0.1) is 0 Å². The van der Waals surface area contributed by atoms with Crippen molar-refractivity contribution in [3.05, 3.63) is 76.3 Å². The highest BCUT2D eigenvalue weighted by Crippen LogP contribution is 2.32. The fourth-order valence-electron chi connectivity index (χ4n) is 2.73. The van der Waals surface area contributed by atoms with Crippen molar-refractivity contribution in [1.29, 1.82) is 0 Å². The van der Waals surface area contributed by atoms with E-state index in [9.17, 15) is 14.7 Å². The lowest BCUT2D eigenvalue weighted by atomic mass is 9.84. The first-order valence-electron chi connectivity index (χ1n) is 7.51. The first-order valence-corrected chi connectivity index (χ1v) is 8.30. The van der Waals surface area contributed by atoms with Crippen LogP contribution in [-0.4, -0.2) is 17.0 Å². The number of carbonyl (C=O) groups is 2. The third-order valence-corrected chi connectivity index (χ3v) is 4.52. The number of ether oxygens (including phenoxy) is 1. The summed E-state index contributed by atoms with van der Waals surface area (Å²) in [5.41, 5.74) is 1.59. The molecule has 1 aliphatic rings. The lowest BCUT2D eigenvalue weighted by Gasteiger charge is -2.26. The van der Waals surface area contributed by atoms with Gasteiger partial charge in [0.2, 0.25) is 0 Å². The van der Waals surface area contributed by atoms with Crippen molar-refractivity contribution in [1.82, 2.24) is 0 Å². The van der Waals surface area contributed by atoms with Gasteiger partial charge in [0.25, 0.3) is 0 Å². The average molecular weight is 387 g/mol. The second-order valence-corrected chi connectivity index (χ2v) is 6.53. The van der Waals surface area contributed by atoms with Gasteiger partial charge in [-0.3, -0.25) is 9.59 Å². The number of aliphatic carboxylic acids is 1. The zero-order valence-corrected chi connectivity index (χ0v) is 14.3. The maximum absolute atomic E-state index is 12.4. The smallest absolute Gasteiger partial charge is 0.315 e. The molecule has 0 saturated carbocycles. The summed E-state index contributed by atoms with van der Waals surface area (Å²) in [6.07, 6.45) is 1.86. The number of hydrogen-bond acceptors (Lipinski definition) is 3. The van der Waals surface area contributed by atoms with E-state index in [1.807, 2.05) is 42.5 Å². The molecule has 0 saturated heterocycles. The van der Waals surface area contributed by atoms with Crippen molar-refractivity contribution in [2.75, 3.05) is 0 Å². The van der Waals surface area contributed by atoms with E-state index in [4.69, 9.17) is 4.74 Å². The Kier molecular flexibility index (Phi) is 4.81. The van der Waals surface area contributed by atoms with Gasteiger partial charge in [-0.25, -0.2) is 0 Å². The Morgan fingerprint density at radius 1 is 1.08 bits per heavy atom. The second-order valence-electron chi connectivity index (χ2n) is 5.62. The van der Waals surface area contributed by atoms with Crippen LogP contribution in [0.4, 0.5) is 0 Å². The van der Waals surface area contributed by atoms with Crippen LogP contribution in [0.3, 0.4) is 0 Å². The van der Waals surface area contributed by atoms with E-state index >= 15 is 0 Å². The van der Waals surface area contributed by atoms with Crippen LogP contribution in [0.2, 0.25) is 0 Å². The van der Waals surface area contributed by atoms with Crippen molar-refractivity contribution in [2.45, 2.75) is 6.42 Å². The molecule has 1 heterocycles. The van der Waals surface area contributed by atoms with Crippen LogP contribution in [0, 0.1) is 11.8 Å². The Labute approximate surface area is 147 Å². The summed E-state index contributed by atoms with van der Waals surface area (Å²) in [6, 6.07) is 16.5. The Morgan fingerprint density at radius 3 is 2.38 bits per heavy atom. The molecular weight excluding hydrogens is 372 g/mol. The number of rotatable bonds is 4. The molecule has 122 valence electrons. The lowest BCUT2D eigenvalue weighted by Crippen LogP contribution is -2.35. The molecule has 2 unspecified atom stereocenters. The fourth-order valence-corrected chi connectivity index (χ4v) is 3.00. The standard InChI is InChI=1S/C19H15BrO4/c20-14-8-6-13(7-9-14)17-11-15(18(21)22)16(19(23)24-17)10-12-4-2-1-3-5-12/h1-9,11,15-16H,10H2,(H,21,22). The predicted octanol–water partition coefficient (Wildman–Crippen LogP) is 3.91. The van der Waals surface area contributed by atoms with Crippen LogP contribution in [0.15, 0.2) is 65.1 Å². The molecule has 2 aromatic rings. The van der Waals surface area contributed by atoms with Crippen molar-refractivity contribution >= 4 is 33.6 Å². The van der Waals surface area contributed by atoms with Crippen molar-refractivity contribution in [2.24, 2.45) is 11.8 Å². The minimum absolute atomic E-state index is 0.296. The monoisotopic (exact) mass is 386 g/mol. The van der Waals surface area contributed by atoms with Crippen LogP contribution < -0.4 is 0 Å². The quantitative estimate of drug-likeness (QED) is 0.809. The van der Waals surface area contributed by atoms with Crippen LogP contribution in [0.1, 0.15) is 11.1 Å². The maximum Gasteiger partial charge on any atom is 0.315 e. The number of esters is 1. The molecule has 0 amide bonds. The topological polar surface area (TPSA) is 63.6 Å². The molecule has 0 aromatic heterocycles. The van der Waals surface area contributed by atoms with Gasteiger partial charge in [-0.05, 0) is 30.2 Å². The summed E-state index contributed by atoms with van der Waals surface area (Å²) in [6.45, 7) is 0. The van der Waals surface area contributed by atoms with Gasteiger partial charge in [0.05, 0.1) is 11.8 Å². The molecule has 0 bridgehead atoms. The molecule has 2 aromatic carbocycles. The number of hydrogen-bond donors (Lipinski definition) is 1. The zero-order valence-electron chi connectivity index (χ0n) is 12.7. The van der Waals surface area contributed by atoms with Crippen molar-refractivity contribution in [3.63, 3.8) is 0 Å². The largest absolute Gasteiger partial charge is 0.481 e. The number of carbonyl (C=O) groups excluding carboxylic acids is 1. The minimum atomic E-state index is -1.03. The lowest BCUT2D eigenvalue weighted by molar-refractivity contribution is -0.153. The van der Waals surface area contributed by atoms with Gasteiger partial charge in [0, 0.05) is 10.0 Å². The molecule has 1 aliphatic heterocycles. The van der Waals surface area contributed by atoms with E-state index in [1.54, 1.807) is 12.1 Å².